The molecule has 2 atom stereocenters. The predicted molar refractivity (Wildman–Crippen MR) is 82.0 cm³/mol. The van der Waals surface area contributed by atoms with Crippen molar-refractivity contribution in [2.45, 2.75) is 18.6 Å². The van der Waals surface area contributed by atoms with Crippen LogP contribution in [-0.2, 0) is 11.2 Å². The molecular weight excluding hydrogens is 321 g/mol. The molecular formula is C16H17BrFNO. The first-order chi connectivity index (χ1) is 9.61. The van der Waals surface area contributed by atoms with E-state index in [1.807, 2.05) is 30.3 Å². The Bertz CT molecular complexity index is 562. The van der Waals surface area contributed by atoms with E-state index in [-0.39, 0.29) is 18.0 Å². The third-order valence-corrected chi connectivity index (χ3v) is 3.83. The molecule has 20 heavy (non-hydrogen) atoms. The van der Waals surface area contributed by atoms with Crippen LogP contribution in [0.4, 0.5) is 4.39 Å². The SMILES string of the molecule is COC(c1ccccc1)C(N)Cc1ccc(F)c(Br)c1. The summed E-state index contributed by atoms with van der Waals surface area (Å²) in [6.45, 7) is 0. The van der Waals surface area contributed by atoms with Crippen molar-refractivity contribution in [1.82, 2.24) is 0 Å². The minimum atomic E-state index is -0.270. The Labute approximate surface area is 126 Å². The summed E-state index contributed by atoms with van der Waals surface area (Å²) < 4.78 is 19.2. The van der Waals surface area contributed by atoms with Gasteiger partial charge in [0.15, 0.2) is 0 Å². The minimum Gasteiger partial charge on any atom is -0.375 e. The third-order valence-electron chi connectivity index (χ3n) is 3.23. The van der Waals surface area contributed by atoms with E-state index in [1.54, 1.807) is 19.2 Å². The van der Waals surface area contributed by atoms with E-state index in [0.29, 0.717) is 10.9 Å². The van der Waals surface area contributed by atoms with Gasteiger partial charge in [-0.05, 0) is 45.6 Å². The molecule has 0 aliphatic rings. The van der Waals surface area contributed by atoms with Gasteiger partial charge in [-0.15, -0.1) is 0 Å². The van der Waals surface area contributed by atoms with E-state index < -0.39 is 0 Å². The molecule has 2 unspecified atom stereocenters. The number of methoxy groups -OCH3 is 1. The summed E-state index contributed by atoms with van der Waals surface area (Å²) >= 11 is 3.19. The lowest BCUT2D eigenvalue weighted by Gasteiger charge is -2.23. The van der Waals surface area contributed by atoms with E-state index in [0.717, 1.165) is 11.1 Å². The molecule has 0 aromatic heterocycles. The van der Waals surface area contributed by atoms with E-state index >= 15 is 0 Å². The van der Waals surface area contributed by atoms with Gasteiger partial charge in [0.2, 0.25) is 0 Å². The van der Waals surface area contributed by atoms with Gasteiger partial charge in [-0.1, -0.05) is 36.4 Å². The van der Waals surface area contributed by atoms with Gasteiger partial charge in [-0.2, -0.15) is 0 Å². The number of hydrogen-bond donors (Lipinski definition) is 1. The quantitative estimate of drug-likeness (QED) is 0.899. The van der Waals surface area contributed by atoms with Crippen LogP contribution in [0.25, 0.3) is 0 Å². The molecule has 0 heterocycles. The van der Waals surface area contributed by atoms with E-state index in [2.05, 4.69) is 15.9 Å². The zero-order valence-corrected chi connectivity index (χ0v) is 12.8. The second-order valence-electron chi connectivity index (χ2n) is 4.68. The molecule has 0 saturated carbocycles. The van der Waals surface area contributed by atoms with Gasteiger partial charge >= 0.3 is 0 Å². The molecule has 2 nitrogen and oxygen atoms in total. The van der Waals surface area contributed by atoms with Gasteiger partial charge in [0.05, 0.1) is 10.6 Å². The maximum absolute atomic E-state index is 13.2. The first kappa shape index (κ1) is 15.2. The van der Waals surface area contributed by atoms with Crippen molar-refractivity contribution < 1.29 is 9.13 Å². The summed E-state index contributed by atoms with van der Waals surface area (Å²) in [6, 6.07) is 14.6. The highest BCUT2D eigenvalue weighted by atomic mass is 79.9. The monoisotopic (exact) mass is 337 g/mol. The molecule has 0 aliphatic heterocycles. The lowest BCUT2D eigenvalue weighted by atomic mass is 9.97. The molecule has 0 aliphatic carbocycles. The summed E-state index contributed by atoms with van der Waals surface area (Å²) in [5, 5.41) is 0. The van der Waals surface area contributed by atoms with Crippen LogP contribution < -0.4 is 5.73 Å². The van der Waals surface area contributed by atoms with Gasteiger partial charge in [0.25, 0.3) is 0 Å². The Hall–Kier alpha value is -1.23. The molecule has 2 aromatic carbocycles. The van der Waals surface area contributed by atoms with Gasteiger partial charge < -0.3 is 10.5 Å². The van der Waals surface area contributed by atoms with Gasteiger partial charge in [-0.3, -0.25) is 0 Å². The Morgan fingerprint density at radius 3 is 2.50 bits per heavy atom. The molecule has 106 valence electrons. The van der Waals surface area contributed by atoms with Crippen LogP contribution in [0.2, 0.25) is 0 Å². The maximum atomic E-state index is 13.2. The zero-order chi connectivity index (χ0) is 14.5. The Kier molecular flexibility index (Phi) is 5.29. The molecule has 0 fully saturated rings. The molecule has 0 amide bonds. The van der Waals surface area contributed by atoms with Gasteiger partial charge in [0.1, 0.15) is 5.82 Å². The topological polar surface area (TPSA) is 35.2 Å². The third kappa shape index (κ3) is 3.66. The van der Waals surface area contributed by atoms with Crippen LogP contribution in [-0.4, -0.2) is 13.2 Å². The number of halogens is 2. The highest BCUT2D eigenvalue weighted by Gasteiger charge is 2.19. The molecule has 0 spiro atoms. The molecule has 0 radical (unpaired) electrons. The molecule has 2 rings (SSSR count). The maximum Gasteiger partial charge on any atom is 0.137 e. The van der Waals surface area contributed by atoms with Crippen LogP contribution in [0.1, 0.15) is 17.2 Å². The number of nitrogens with two attached hydrogens (primary N) is 1. The van der Waals surface area contributed by atoms with Crippen LogP contribution in [0, 0.1) is 5.82 Å². The summed E-state index contributed by atoms with van der Waals surface area (Å²) in [4.78, 5) is 0. The Balaban J connectivity index is 2.13. The van der Waals surface area contributed by atoms with Crippen molar-refractivity contribution in [3.8, 4) is 0 Å². The molecule has 0 bridgehead atoms. The minimum absolute atomic E-state index is 0.181. The summed E-state index contributed by atoms with van der Waals surface area (Å²) in [7, 11) is 1.65. The fourth-order valence-electron chi connectivity index (χ4n) is 2.25. The molecule has 0 saturated heterocycles. The van der Waals surface area contributed by atoms with Crippen molar-refractivity contribution in [3.05, 3.63) is 69.9 Å². The van der Waals surface area contributed by atoms with Crippen LogP contribution >= 0.6 is 15.9 Å². The van der Waals surface area contributed by atoms with Gasteiger partial charge in [-0.25, -0.2) is 4.39 Å². The first-order valence-corrected chi connectivity index (χ1v) is 7.18. The predicted octanol–water partition coefficient (Wildman–Crippen LogP) is 3.85. The lowest BCUT2D eigenvalue weighted by Crippen LogP contribution is -2.31. The average molecular weight is 338 g/mol. The van der Waals surface area contributed by atoms with E-state index in [4.69, 9.17) is 10.5 Å². The van der Waals surface area contributed by atoms with Gasteiger partial charge in [0, 0.05) is 13.2 Å². The second kappa shape index (κ2) is 6.97. The van der Waals surface area contributed by atoms with Crippen LogP contribution in [0.5, 0.6) is 0 Å². The fraction of sp³-hybridized carbons (Fsp3) is 0.250. The number of rotatable bonds is 5. The van der Waals surface area contributed by atoms with Crippen LogP contribution in [0.15, 0.2) is 53.0 Å². The summed E-state index contributed by atoms with van der Waals surface area (Å²) in [5.41, 5.74) is 8.27. The second-order valence-corrected chi connectivity index (χ2v) is 5.54. The van der Waals surface area contributed by atoms with Crippen molar-refractivity contribution in [2.24, 2.45) is 5.73 Å². The summed E-state index contributed by atoms with van der Waals surface area (Å²) in [6.07, 6.45) is 0.437. The average Bonchev–Trinajstić information content (AvgIpc) is 2.45. The highest BCUT2D eigenvalue weighted by Crippen LogP contribution is 2.23. The Morgan fingerprint density at radius 2 is 1.90 bits per heavy atom. The lowest BCUT2D eigenvalue weighted by molar-refractivity contribution is 0.0802. The zero-order valence-electron chi connectivity index (χ0n) is 11.2. The van der Waals surface area contributed by atoms with Crippen molar-refractivity contribution in [2.75, 3.05) is 7.11 Å². The van der Waals surface area contributed by atoms with Crippen molar-refractivity contribution in [3.63, 3.8) is 0 Å². The first-order valence-electron chi connectivity index (χ1n) is 6.39. The number of hydrogen-bond acceptors (Lipinski definition) is 2. The largest absolute Gasteiger partial charge is 0.375 e. The Morgan fingerprint density at radius 1 is 1.20 bits per heavy atom. The smallest absolute Gasteiger partial charge is 0.137 e. The van der Waals surface area contributed by atoms with Crippen LogP contribution in [0.3, 0.4) is 0 Å². The molecule has 2 aromatic rings. The molecule has 2 N–H and O–H groups in total. The van der Waals surface area contributed by atoms with Crippen molar-refractivity contribution in [1.29, 1.82) is 0 Å². The number of benzene rings is 2. The van der Waals surface area contributed by atoms with E-state index in [9.17, 15) is 4.39 Å². The fourth-order valence-corrected chi connectivity index (χ4v) is 2.67. The number of ether oxygens (including phenoxy) is 1. The summed E-state index contributed by atoms with van der Waals surface area (Å²) in [5.74, 6) is -0.270. The van der Waals surface area contributed by atoms with Crippen molar-refractivity contribution >= 4 is 15.9 Å². The normalized spacial score (nSPS) is 14.0. The highest BCUT2D eigenvalue weighted by molar-refractivity contribution is 9.10. The standard InChI is InChI=1S/C16H17BrFNO/c1-20-16(12-5-3-2-4-6-12)15(19)10-11-7-8-14(18)13(17)9-11/h2-9,15-16H,10,19H2,1H3. The van der Waals surface area contributed by atoms with E-state index in [1.165, 1.54) is 6.07 Å². The molecule has 4 heteroatoms.